The fraction of sp³-hybridized carbons (Fsp3) is 0.333. The molecule has 0 fully saturated rings. The number of nitrogens with zero attached hydrogens (tertiary/aromatic N) is 2. The highest BCUT2D eigenvalue weighted by molar-refractivity contribution is 5.89. The zero-order chi connectivity index (χ0) is 20.9. The second kappa shape index (κ2) is 9.13. The van der Waals surface area contributed by atoms with Crippen molar-refractivity contribution in [3.05, 3.63) is 72.1 Å². The van der Waals surface area contributed by atoms with Gasteiger partial charge in [-0.15, -0.1) is 0 Å². The molecule has 30 heavy (non-hydrogen) atoms. The van der Waals surface area contributed by atoms with Crippen LogP contribution in [0.15, 0.2) is 60.7 Å². The average molecular weight is 406 g/mol. The fourth-order valence-corrected chi connectivity index (χ4v) is 3.89. The Hall–Kier alpha value is -3.12. The number of aliphatic hydroxyl groups excluding tert-OH is 1. The van der Waals surface area contributed by atoms with Crippen LogP contribution < -0.4 is 4.74 Å². The second-order valence-electron chi connectivity index (χ2n) is 7.53. The van der Waals surface area contributed by atoms with Crippen LogP contribution in [0.5, 0.6) is 5.75 Å². The van der Waals surface area contributed by atoms with Gasteiger partial charge >= 0.3 is 5.97 Å². The highest BCUT2D eigenvalue weighted by Crippen LogP contribution is 2.31. The van der Waals surface area contributed by atoms with Crippen LogP contribution >= 0.6 is 0 Å². The number of methoxy groups -OCH3 is 1. The third-order valence-corrected chi connectivity index (χ3v) is 5.43. The normalized spacial score (nSPS) is 17.1. The lowest BCUT2D eigenvalue weighted by Crippen LogP contribution is -2.25. The molecule has 2 aromatic carbocycles. The van der Waals surface area contributed by atoms with Crippen LogP contribution in [-0.2, 0) is 11.3 Å². The van der Waals surface area contributed by atoms with Crippen molar-refractivity contribution < 1.29 is 19.4 Å². The summed E-state index contributed by atoms with van der Waals surface area (Å²) in [6, 6.07) is 14.7. The van der Waals surface area contributed by atoms with E-state index in [1.54, 1.807) is 24.3 Å². The lowest BCUT2D eigenvalue weighted by molar-refractivity contribution is 0.0600. The van der Waals surface area contributed by atoms with Crippen molar-refractivity contribution in [2.24, 2.45) is 0 Å². The molecule has 0 amide bonds. The summed E-state index contributed by atoms with van der Waals surface area (Å²) >= 11 is 0. The molecule has 3 aromatic rings. The van der Waals surface area contributed by atoms with E-state index in [0.717, 1.165) is 36.1 Å². The number of imidazole rings is 1. The van der Waals surface area contributed by atoms with E-state index in [0.29, 0.717) is 23.8 Å². The van der Waals surface area contributed by atoms with Crippen molar-refractivity contribution in [3.8, 4) is 5.75 Å². The number of benzene rings is 2. The van der Waals surface area contributed by atoms with Gasteiger partial charge in [-0.2, -0.15) is 0 Å². The molecular weight excluding hydrogens is 380 g/mol. The number of esters is 1. The van der Waals surface area contributed by atoms with Gasteiger partial charge in [0, 0.05) is 5.92 Å². The minimum absolute atomic E-state index is 0.147. The maximum atomic E-state index is 11.5. The first kappa shape index (κ1) is 20.2. The average Bonchev–Trinajstić information content (AvgIpc) is 3.16. The SMILES string of the molecule is COC(=O)c1ccc(OCC(O)Cn2c(C3CC=CCC3)nc3ccccc32)cc1. The Kier molecular flexibility index (Phi) is 6.14. The standard InChI is InChI=1S/C24H26N2O4/c1-29-24(28)18-11-13-20(14-12-18)30-16-19(27)15-26-22-10-6-5-9-21(22)25-23(26)17-7-3-2-4-8-17/h2-3,5-6,9-14,17,19,27H,4,7-8,15-16H2,1H3. The van der Waals surface area contributed by atoms with E-state index in [-0.39, 0.29) is 6.61 Å². The molecule has 1 aromatic heterocycles. The summed E-state index contributed by atoms with van der Waals surface area (Å²) in [5, 5.41) is 10.7. The predicted octanol–water partition coefficient (Wildman–Crippen LogP) is 4.09. The Labute approximate surface area is 175 Å². The summed E-state index contributed by atoms with van der Waals surface area (Å²) in [6.45, 7) is 0.560. The molecule has 0 saturated carbocycles. The van der Waals surface area contributed by atoms with E-state index in [4.69, 9.17) is 14.5 Å². The van der Waals surface area contributed by atoms with Crippen molar-refractivity contribution in [1.82, 2.24) is 9.55 Å². The van der Waals surface area contributed by atoms with Gasteiger partial charge in [-0.05, 0) is 55.7 Å². The molecule has 6 heteroatoms. The van der Waals surface area contributed by atoms with Crippen molar-refractivity contribution in [3.63, 3.8) is 0 Å². The number of para-hydroxylation sites is 2. The number of allylic oxidation sites excluding steroid dienone is 2. The highest BCUT2D eigenvalue weighted by atomic mass is 16.5. The molecule has 2 atom stereocenters. The summed E-state index contributed by atoms with van der Waals surface area (Å²) in [4.78, 5) is 16.4. The molecule has 156 valence electrons. The number of aliphatic hydroxyl groups is 1. The van der Waals surface area contributed by atoms with Crippen LogP contribution in [0.2, 0.25) is 0 Å². The summed E-state index contributed by atoms with van der Waals surface area (Å²) in [6.07, 6.45) is 6.84. The van der Waals surface area contributed by atoms with E-state index in [1.165, 1.54) is 7.11 Å². The molecule has 2 unspecified atom stereocenters. The van der Waals surface area contributed by atoms with Crippen molar-refractivity contribution in [1.29, 1.82) is 0 Å². The lowest BCUT2D eigenvalue weighted by atomic mass is 9.93. The Morgan fingerprint density at radius 1 is 1.20 bits per heavy atom. The second-order valence-corrected chi connectivity index (χ2v) is 7.53. The molecule has 4 rings (SSSR count). The number of carbonyl (C=O) groups is 1. The molecule has 6 nitrogen and oxygen atoms in total. The molecule has 0 spiro atoms. The van der Waals surface area contributed by atoms with Gasteiger partial charge in [-0.25, -0.2) is 9.78 Å². The number of aromatic nitrogens is 2. The molecule has 1 aliphatic carbocycles. The quantitative estimate of drug-likeness (QED) is 0.473. The van der Waals surface area contributed by atoms with Gasteiger partial charge in [0.2, 0.25) is 0 Å². The molecular formula is C24H26N2O4. The van der Waals surface area contributed by atoms with Crippen LogP contribution in [0.1, 0.15) is 41.4 Å². The number of carbonyl (C=O) groups excluding carboxylic acids is 1. The first-order valence-corrected chi connectivity index (χ1v) is 10.2. The van der Waals surface area contributed by atoms with Crippen molar-refractivity contribution in [2.75, 3.05) is 13.7 Å². The Morgan fingerprint density at radius 2 is 2.00 bits per heavy atom. The molecule has 0 saturated heterocycles. The number of rotatable bonds is 7. The lowest BCUT2D eigenvalue weighted by Gasteiger charge is -2.21. The number of ether oxygens (including phenoxy) is 2. The van der Waals surface area contributed by atoms with Crippen LogP contribution in [-0.4, -0.2) is 40.4 Å². The van der Waals surface area contributed by atoms with Crippen molar-refractivity contribution in [2.45, 2.75) is 37.8 Å². The minimum atomic E-state index is -0.694. The van der Waals surface area contributed by atoms with Gasteiger partial charge in [0.1, 0.15) is 24.3 Å². The van der Waals surface area contributed by atoms with Crippen LogP contribution in [0, 0.1) is 0 Å². The van der Waals surface area contributed by atoms with Crippen LogP contribution in [0.25, 0.3) is 11.0 Å². The van der Waals surface area contributed by atoms with Gasteiger partial charge in [-0.1, -0.05) is 24.3 Å². The van der Waals surface area contributed by atoms with Gasteiger partial charge in [0.15, 0.2) is 0 Å². The van der Waals surface area contributed by atoms with Gasteiger partial charge in [0.05, 0.1) is 30.3 Å². The molecule has 0 aliphatic heterocycles. The Bertz CT molecular complexity index is 1040. The molecule has 0 bridgehead atoms. The summed E-state index contributed by atoms with van der Waals surface area (Å²) in [5.41, 5.74) is 2.44. The Balaban J connectivity index is 1.46. The molecule has 1 heterocycles. The number of hydrogen-bond acceptors (Lipinski definition) is 5. The number of fused-ring (bicyclic) bond motifs is 1. The van der Waals surface area contributed by atoms with Crippen molar-refractivity contribution >= 4 is 17.0 Å². The first-order chi connectivity index (χ1) is 14.7. The topological polar surface area (TPSA) is 73.6 Å². The summed E-state index contributed by atoms with van der Waals surface area (Å²) in [5.74, 6) is 1.59. The minimum Gasteiger partial charge on any atom is -0.491 e. The summed E-state index contributed by atoms with van der Waals surface area (Å²) < 4.78 is 12.6. The van der Waals surface area contributed by atoms with Crippen LogP contribution in [0.3, 0.4) is 0 Å². The van der Waals surface area contributed by atoms with E-state index in [9.17, 15) is 9.90 Å². The first-order valence-electron chi connectivity index (χ1n) is 10.2. The smallest absolute Gasteiger partial charge is 0.337 e. The third-order valence-electron chi connectivity index (χ3n) is 5.43. The maximum absolute atomic E-state index is 11.5. The largest absolute Gasteiger partial charge is 0.491 e. The zero-order valence-corrected chi connectivity index (χ0v) is 17.0. The highest BCUT2D eigenvalue weighted by Gasteiger charge is 2.22. The van der Waals surface area contributed by atoms with Gasteiger partial charge < -0.3 is 19.1 Å². The zero-order valence-electron chi connectivity index (χ0n) is 17.0. The van der Waals surface area contributed by atoms with Crippen LogP contribution in [0.4, 0.5) is 0 Å². The Morgan fingerprint density at radius 3 is 2.73 bits per heavy atom. The van der Waals surface area contributed by atoms with E-state index in [1.807, 2.05) is 24.3 Å². The van der Waals surface area contributed by atoms with E-state index in [2.05, 4.69) is 16.7 Å². The predicted molar refractivity (Wildman–Crippen MR) is 115 cm³/mol. The molecule has 1 aliphatic rings. The van der Waals surface area contributed by atoms with Gasteiger partial charge in [-0.3, -0.25) is 0 Å². The number of hydrogen-bond donors (Lipinski definition) is 1. The summed E-state index contributed by atoms with van der Waals surface area (Å²) in [7, 11) is 1.35. The fourth-order valence-electron chi connectivity index (χ4n) is 3.89. The molecule has 0 radical (unpaired) electrons. The van der Waals surface area contributed by atoms with E-state index < -0.39 is 12.1 Å². The van der Waals surface area contributed by atoms with E-state index >= 15 is 0 Å². The monoisotopic (exact) mass is 406 g/mol. The van der Waals surface area contributed by atoms with Gasteiger partial charge in [0.25, 0.3) is 0 Å². The molecule has 1 N–H and O–H groups in total. The maximum Gasteiger partial charge on any atom is 0.337 e. The third kappa shape index (κ3) is 4.39.